The van der Waals surface area contributed by atoms with Gasteiger partial charge in [-0.1, -0.05) is 24.3 Å². The molecule has 1 aromatic rings. The monoisotopic (exact) mass is 214 g/mol. The topological polar surface area (TPSA) is 57.2 Å². The number of hydrogen-bond acceptors (Lipinski definition) is 3. The van der Waals surface area contributed by atoms with Gasteiger partial charge in [0.1, 0.15) is 6.29 Å². The number of carbonyl (C=O) groups excluding carboxylic acids is 2. The van der Waals surface area contributed by atoms with Crippen LogP contribution in [0.5, 0.6) is 5.75 Å². The summed E-state index contributed by atoms with van der Waals surface area (Å²) in [4.78, 5) is 21.4. The number of ketones is 1. The van der Waals surface area contributed by atoms with Crippen LogP contribution in [-0.2, 0) is 4.79 Å². The number of benzene rings is 1. The molecule has 0 spiro atoms. The molecular formula is C11H11NaO3. The van der Waals surface area contributed by atoms with Gasteiger partial charge in [0, 0.05) is 18.4 Å². The van der Waals surface area contributed by atoms with Crippen LogP contribution in [-0.4, -0.2) is 12.1 Å². The molecule has 3 nitrogen and oxygen atoms in total. The number of aldehydes is 1. The van der Waals surface area contributed by atoms with E-state index in [0.717, 1.165) is 6.29 Å². The van der Waals surface area contributed by atoms with Crippen molar-refractivity contribution >= 4 is 12.1 Å². The maximum absolute atomic E-state index is 11.4. The molecule has 0 heterocycles. The Hall–Kier alpha value is -0.640. The molecule has 0 aromatic heterocycles. The first kappa shape index (κ1) is 14.4. The molecule has 15 heavy (non-hydrogen) atoms. The van der Waals surface area contributed by atoms with Gasteiger partial charge in [-0.25, -0.2) is 0 Å². The van der Waals surface area contributed by atoms with Crippen molar-refractivity contribution in [3.8, 4) is 5.75 Å². The second-order valence-corrected chi connectivity index (χ2v) is 3.01. The first-order valence-electron chi connectivity index (χ1n) is 4.48. The summed E-state index contributed by atoms with van der Waals surface area (Å²) in [6.07, 6.45) is 2.14. The van der Waals surface area contributed by atoms with Gasteiger partial charge in [0.2, 0.25) is 0 Å². The molecule has 0 fully saturated rings. The molecule has 4 heteroatoms. The minimum Gasteiger partial charge on any atom is -0.872 e. The van der Waals surface area contributed by atoms with Gasteiger partial charge in [0.05, 0.1) is 0 Å². The van der Waals surface area contributed by atoms with E-state index in [2.05, 4.69) is 0 Å². The number of rotatable bonds is 5. The molecule has 0 N–H and O–H groups in total. The third kappa shape index (κ3) is 5.11. The average molecular weight is 214 g/mol. The third-order valence-corrected chi connectivity index (χ3v) is 1.90. The predicted octanol–water partition coefficient (Wildman–Crippen LogP) is -1.68. The van der Waals surface area contributed by atoms with E-state index in [0.29, 0.717) is 24.8 Å². The standard InChI is InChI=1S/C11H12O3.Na/c12-8-2-1-3-11(14)9-4-6-10(13)7-5-9;/h4-8,13H,1-3H2;/q;+1/p-1. The molecule has 1 aromatic carbocycles. The van der Waals surface area contributed by atoms with E-state index in [1.165, 1.54) is 24.3 Å². The Kier molecular flexibility index (Phi) is 7.30. The molecule has 0 bridgehead atoms. The second-order valence-electron chi connectivity index (χ2n) is 3.01. The Bertz CT molecular complexity index is 319. The number of Topliss-reactive ketones (excluding diaryl/α,β-unsaturated/α-hetero) is 1. The van der Waals surface area contributed by atoms with Gasteiger partial charge in [-0.15, -0.1) is 5.75 Å². The minimum atomic E-state index is -0.102. The molecule has 0 aliphatic rings. The molecule has 0 amide bonds. The molecule has 0 radical (unpaired) electrons. The van der Waals surface area contributed by atoms with E-state index in [4.69, 9.17) is 0 Å². The van der Waals surface area contributed by atoms with Crippen LogP contribution in [0.25, 0.3) is 0 Å². The summed E-state index contributed by atoms with van der Waals surface area (Å²) in [7, 11) is 0. The quantitative estimate of drug-likeness (QED) is 0.254. The third-order valence-electron chi connectivity index (χ3n) is 1.90. The van der Waals surface area contributed by atoms with Gasteiger partial charge < -0.3 is 9.90 Å². The largest absolute Gasteiger partial charge is 1.00 e. The summed E-state index contributed by atoms with van der Waals surface area (Å²) in [5, 5.41) is 10.7. The number of unbranched alkanes of at least 4 members (excludes halogenated alkanes) is 1. The van der Waals surface area contributed by atoms with Gasteiger partial charge in [-0.05, 0) is 6.42 Å². The zero-order valence-corrected chi connectivity index (χ0v) is 10.7. The van der Waals surface area contributed by atoms with Crippen molar-refractivity contribution in [1.82, 2.24) is 0 Å². The van der Waals surface area contributed by atoms with Crippen molar-refractivity contribution in [3.05, 3.63) is 29.8 Å². The van der Waals surface area contributed by atoms with Crippen LogP contribution < -0.4 is 34.7 Å². The minimum absolute atomic E-state index is 0. The maximum atomic E-state index is 11.4. The molecule has 1 rings (SSSR count). The van der Waals surface area contributed by atoms with Gasteiger partial charge in [0.25, 0.3) is 0 Å². The van der Waals surface area contributed by atoms with Gasteiger partial charge in [0.15, 0.2) is 5.78 Å². The van der Waals surface area contributed by atoms with Crippen molar-refractivity contribution in [1.29, 1.82) is 0 Å². The van der Waals surface area contributed by atoms with E-state index in [-0.39, 0.29) is 41.1 Å². The fraction of sp³-hybridized carbons (Fsp3) is 0.273. The molecular weight excluding hydrogens is 203 g/mol. The van der Waals surface area contributed by atoms with E-state index in [1.807, 2.05) is 0 Å². The van der Waals surface area contributed by atoms with Gasteiger partial charge in [-0.2, -0.15) is 0 Å². The Morgan fingerprint density at radius 1 is 1.27 bits per heavy atom. The molecule has 0 aliphatic heterocycles. The zero-order valence-electron chi connectivity index (χ0n) is 8.73. The fourth-order valence-electron chi connectivity index (χ4n) is 1.13. The maximum Gasteiger partial charge on any atom is 1.00 e. The number of hydrogen-bond donors (Lipinski definition) is 0. The zero-order chi connectivity index (χ0) is 10.4. The number of carbonyl (C=O) groups is 2. The average Bonchev–Trinajstić information content (AvgIpc) is 2.19. The Balaban J connectivity index is 0.00000196. The van der Waals surface area contributed by atoms with E-state index >= 15 is 0 Å². The van der Waals surface area contributed by atoms with E-state index in [9.17, 15) is 14.7 Å². The molecule has 0 saturated heterocycles. The predicted molar refractivity (Wildman–Crippen MR) is 50.1 cm³/mol. The van der Waals surface area contributed by atoms with Crippen LogP contribution in [0, 0.1) is 0 Å². The summed E-state index contributed by atoms with van der Waals surface area (Å²) in [6.45, 7) is 0. The van der Waals surface area contributed by atoms with Crippen molar-refractivity contribution < 1.29 is 44.3 Å². The van der Waals surface area contributed by atoms with E-state index in [1.54, 1.807) is 0 Å². The van der Waals surface area contributed by atoms with Crippen LogP contribution in [0.1, 0.15) is 29.6 Å². The summed E-state index contributed by atoms with van der Waals surface area (Å²) < 4.78 is 0. The van der Waals surface area contributed by atoms with Crippen LogP contribution in [0.15, 0.2) is 24.3 Å². The van der Waals surface area contributed by atoms with Crippen molar-refractivity contribution in [2.24, 2.45) is 0 Å². The molecule has 0 aliphatic carbocycles. The van der Waals surface area contributed by atoms with Crippen LogP contribution >= 0.6 is 0 Å². The molecule has 0 saturated carbocycles. The van der Waals surface area contributed by atoms with Gasteiger partial charge >= 0.3 is 29.6 Å². The smallest absolute Gasteiger partial charge is 0.872 e. The summed E-state index contributed by atoms with van der Waals surface area (Å²) in [5.74, 6) is -0.124. The fourth-order valence-corrected chi connectivity index (χ4v) is 1.13. The molecule has 0 atom stereocenters. The van der Waals surface area contributed by atoms with Crippen LogP contribution in [0.2, 0.25) is 0 Å². The molecule has 0 unspecified atom stereocenters. The Labute approximate surface area is 111 Å². The second kappa shape index (κ2) is 7.63. The Morgan fingerprint density at radius 3 is 2.40 bits per heavy atom. The van der Waals surface area contributed by atoms with Crippen molar-refractivity contribution in [2.75, 3.05) is 0 Å². The first-order valence-corrected chi connectivity index (χ1v) is 4.48. The molecule has 74 valence electrons. The van der Waals surface area contributed by atoms with Crippen LogP contribution in [0.3, 0.4) is 0 Å². The van der Waals surface area contributed by atoms with Crippen LogP contribution in [0.4, 0.5) is 0 Å². The van der Waals surface area contributed by atoms with E-state index < -0.39 is 0 Å². The summed E-state index contributed by atoms with van der Waals surface area (Å²) in [6, 6.07) is 5.77. The van der Waals surface area contributed by atoms with Gasteiger partial charge in [-0.3, -0.25) is 4.79 Å². The summed E-state index contributed by atoms with van der Waals surface area (Å²) >= 11 is 0. The SMILES string of the molecule is O=CCCCC(=O)c1ccc([O-])cc1.[Na+]. The summed E-state index contributed by atoms with van der Waals surface area (Å²) in [5.41, 5.74) is 0.537. The van der Waals surface area contributed by atoms with Crippen molar-refractivity contribution in [3.63, 3.8) is 0 Å². The normalized spacial score (nSPS) is 9.07. The first-order chi connectivity index (χ1) is 6.74. The van der Waals surface area contributed by atoms with Crippen molar-refractivity contribution in [2.45, 2.75) is 19.3 Å². The Morgan fingerprint density at radius 2 is 1.87 bits per heavy atom.